The van der Waals surface area contributed by atoms with Crippen molar-refractivity contribution >= 4 is 27.7 Å². The minimum atomic E-state index is -1.09. The number of Topliss-reactive ketones (excluding diaryl/α,β-unsaturated/α-hetero) is 1. The molecule has 0 unspecified atom stereocenters. The van der Waals surface area contributed by atoms with Crippen LogP contribution in [0, 0.1) is 0 Å². The largest absolute Gasteiger partial charge is 0.481 e. The van der Waals surface area contributed by atoms with Gasteiger partial charge in [0.15, 0.2) is 5.78 Å². The van der Waals surface area contributed by atoms with E-state index in [0.29, 0.717) is 0 Å². The molecule has 3 nitrogen and oxygen atoms in total. The number of alkyl halides is 1. The van der Waals surface area contributed by atoms with Crippen molar-refractivity contribution < 1.29 is 14.7 Å². The van der Waals surface area contributed by atoms with Gasteiger partial charge in [-0.3, -0.25) is 9.59 Å². The topological polar surface area (TPSA) is 54.4 Å². The Kier molecular flexibility index (Phi) is 3.02. The standard InChI is InChI=1S/C6H9BrO3/c1-6(2,7)4(8)3-5(9)10/h3H2,1-2H3,(H,9,10). The average molecular weight is 209 g/mol. The molecule has 0 bridgehead atoms. The Morgan fingerprint density at radius 2 is 1.90 bits per heavy atom. The Morgan fingerprint density at radius 3 is 2.00 bits per heavy atom. The first kappa shape index (κ1) is 9.62. The van der Waals surface area contributed by atoms with Crippen molar-refractivity contribution in [3.63, 3.8) is 0 Å². The highest BCUT2D eigenvalue weighted by Gasteiger charge is 2.25. The van der Waals surface area contributed by atoms with Crippen LogP contribution in [0.4, 0.5) is 0 Å². The summed E-state index contributed by atoms with van der Waals surface area (Å²) in [7, 11) is 0. The number of aliphatic carboxylic acids is 1. The molecular weight excluding hydrogens is 200 g/mol. The quantitative estimate of drug-likeness (QED) is 0.561. The normalized spacial score (nSPS) is 11.1. The van der Waals surface area contributed by atoms with Crippen LogP contribution in [0.25, 0.3) is 0 Å². The third-order valence-corrected chi connectivity index (χ3v) is 1.42. The Morgan fingerprint density at radius 1 is 1.50 bits per heavy atom. The van der Waals surface area contributed by atoms with Crippen LogP contribution in [-0.4, -0.2) is 21.2 Å². The summed E-state index contributed by atoms with van der Waals surface area (Å²) in [5.41, 5.74) is 0. The molecule has 0 spiro atoms. The van der Waals surface area contributed by atoms with Gasteiger partial charge in [0.05, 0.1) is 4.32 Å². The van der Waals surface area contributed by atoms with Gasteiger partial charge in [-0.05, 0) is 13.8 Å². The monoisotopic (exact) mass is 208 g/mol. The van der Waals surface area contributed by atoms with Crippen molar-refractivity contribution in [2.75, 3.05) is 0 Å². The van der Waals surface area contributed by atoms with Gasteiger partial charge in [-0.1, -0.05) is 15.9 Å². The third-order valence-electron chi connectivity index (χ3n) is 0.975. The number of rotatable bonds is 3. The first-order valence-electron chi connectivity index (χ1n) is 2.78. The molecule has 0 aromatic heterocycles. The molecule has 0 aliphatic carbocycles. The van der Waals surface area contributed by atoms with E-state index < -0.39 is 16.7 Å². The molecule has 4 heteroatoms. The van der Waals surface area contributed by atoms with Crippen molar-refractivity contribution in [2.24, 2.45) is 0 Å². The smallest absolute Gasteiger partial charge is 0.310 e. The van der Waals surface area contributed by atoms with Gasteiger partial charge >= 0.3 is 5.97 Å². The summed E-state index contributed by atoms with van der Waals surface area (Å²) in [4.78, 5) is 20.9. The van der Waals surface area contributed by atoms with Crippen LogP contribution in [0.2, 0.25) is 0 Å². The molecular formula is C6H9BrO3. The lowest BCUT2D eigenvalue weighted by atomic mass is 10.1. The average Bonchev–Trinajstić information content (AvgIpc) is 1.60. The second-order valence-electron chi connectivity index (χ2n) is 2.47. The molecule has 0 saturated carbocycles. The summed E-state index contributed by atoms with van der Waals surface area (Å²) in [6.07, 6.45) is -0.418. The zero-order chi connectivity index (χ0) is 8.36. The van der Waals surface area contributed by atoms with Crippen molar-refractivity contribution in [1.29, 1.82) is 0 Å². The summed E-state index contributed by atoms with van der Waals surface area (Å²) in [5.74, 6) is -1.41. The zero-order valence-electron chi connectivity index (χ0n) is 5.85. The molecule has 10 heavy (non-hydrogen) atoms. The fourth-order valence-corrected chi connectivity index (χ4v) is 0.488. The van der Waals surface area contributed by atoms with E-state index in [2.05, 4.69) is 15.9 Å². The predicted molar refractivity (Wildman–Crippen MR) is 40.3 cm³/mol. The minimum absolute atomic E-state index is 0.319. The van der Waals surface area contributed by atoms with Gasteiger partial charge in [0, 0.05) is 0 Å². The zero-order valence-corrected chi connectivity index (χ0v) is 7.43. The van der Waals surface area contributed by atoms with Crippen LogP contribution in [0.5, 0.6) is 0 Å². The van der Waals surface area contributed by atoms with Crippen LogP contribution in [0.3, 0.4) is 0 Å². The van der Waals surface area contributed by atoms with Crippen LogP contribution < -0.4 is 0 Å². The molecule has 0 saturated heterocycles. The number of carboxylic acids is 1. The van der Waals surface area contributed by atoms with Crippen molar-refractivity contribution in [3.8, 4) is 0 Å². The van der Waals surface area contributed by atoms with Gasteiger partial charge in [0.1, 0.15) is 6.42 Å². The lowest BCUT2D eigenvalue weighted by molar-refractivity contribution is -0.140. The molecule has 0 aliphatic heterocycles. The van der Waals surface area contributed by atoms with E-state index in [9.17, 15) is 9.59 Å². The van der Waals surface area contributed by atoms with Crippen molar-refractivity contribution in [2.45, 2.75) is 24.6 Å². The van der Waals surface area contributed by atoms with Gasteiger partial charge < -0.3 is 5.11 Å². The molecule has 0 aliphatic rings. The van der Waals surface area contributed by atoms with Crippen molar-refractivity contribution in [3.05, 3.63) is 0 Å². The Bertz CT molecular complexity index is 157. The van der Waals surface area contributed by atoms with E-state index in [1.54, 1.807) is 13.8 Å². The van der Waals surface area contributed by atoms with Gasteiger partial charge in [0.2, 0.25) is 0 Å². The minimum Gasteiger partial charge on any atom is -0.481 e. The summed E-state index contributed by atoms with van der Waals surface area (Å²) < 4.78 is -0.717. The first-order valence-corrected chi connectivity index (χ1v) is 3.57. The Hall–Kier alpha value is -0.380. The second-order valence-corrected chi connectivity index (χ2v) is 4.45. The molecule has 0 rings (SSSR count). The fourth-order valence-electron chi connectivity index (χ4n) is 0.348. The van der Waals surface area contributed by atoms with Gasteiger partial charge in [-0.2, -0.15) is 0 Å². The van der Waals surface area contributed by atoms with Gasteiger partial charge in [0.25, 0.3) is 0 Å². The molecule has 0 fully saturated rings. The van der Waals surface area contributed by atoms with E-state index in [4.69, 9.17) is 5.11 Å². The molecule has 0 amide bonds. The maximum Gasteiger partial charge on any atom is 0.310 e. The SMILES string of the molecule is CC(C)(Br)C(=O)CC(=O)O. The highest BCUT2D eigenvalue weighted by molar-refractivity contribution is 9.10. The number of carbonyl (C=O) groups excluding carboxylic acids is 1. The summed E-state index contributed by atoms with van der Waals surface area (Å²) in [6, 6.07) is 0. The molecule has 58 valence electrons. The van der Waals surface area contributed by atoms with Crippen LogP contribution in [0.15, 0.2) is 0 Å². The number of hydrogen-bond donors (Lipinski definition) is 1. The summed E-state index contributed by atoms with van der Waals surface area (Å²) in [6.45, 7) is 3.25. The predicted octanol–water partition coefficient (Wildman–Crippen LogP) is 1.20. The summed E-state index contributed by atoms with van der Waals surface area (Å²) in [5, 5.41) is 8.21. The Labute approximate surface area is 67.5 Å². The van der Waals surface area contributed by atoms with Gasteiger partial charge in [-0.25, -0.2) is 0 Å². The highest BCUT2D eigenvalue weighted by Crippen LogP contribution is 2.18. The van der Waals surface area contributed by atoms with E-state index in [1.807, 2.05) is 0 Å². The fraction of sp³-hybridized carbons (Fsp3) is 0.667. The third kappa shape index (κ3) is 3.61. The molecule has 0 radical (unpaired) electrons. The molecule has 1 N–H and O–H groups in total. The Balaban J connectivity index is 3.99. The van der Waals surface area contributed by atoms with Crippen LogP contribution in [-0.2, 0) is 9.59 Å². The summed E-state index contributed by atoms with van der Waals surface area (Å²) >= 11 is 3.06. The lowest BCUT2D eigenvalue weighted by Gasteiger charge is -2.11. The van der Waals surface area contributed by atoms with E-state index in [0.717, 1.165) is 0 Å². The highest BCUT2D eigenvalue weighted by atomic mass is 79.9. The number of carboxylic acid groups (broad SMARTS) is 1. The molecule has 0 heterocycles. The van der Waals surface area contributed by atoms with Gasteiger partial charge in [-0.15, -0.1) is 0 Å². The van der Waals surface area contributed by atoms with E-state index in [-0.39, 0.29) is 5.78 Å². The van der Waals surface area contributed by atoms with Crippen LogP contribution >= 0.6 is 15.9 Å². The molecule has 0 atom stereocenters. The van der Waals surface area contributed by atoms with E-state index in [1.165, 1.54) is 0 Å². The first-order chi connectivity index (χ1) is 4.34. The maximum atomic E-state index is 10.8. The van der Waals surface area contributed by atoms with Crippen molar-refractivity contribution in [1.82, 2.24) is 0 Å². The second kappa shape index (κ2) is 3.14. The maximum absolute atomic E-state index is 10.8. The molecule has 0 aromatic carbocycles. The number of ketones is 1. The number of hydrogen-bond acceptors (Lipinski definition) is 2. The number of halogens is 1. The number of carbonyl (C=O) groups is 2. The molecule has 0 aromatic rings. The van der Waals surface area contributed by atoms with Crippen LogP contribution in [0.1, 0.15) is 20.3 Å². The van der Waals surface area contributed by atoms with E-state index >= 15 is 0 Å². The lowest BCUT2D eigenvalue weighted by Crippen LogP contribution is -2.26.